The molecule has 0 N–H and O–H groups in total. The van der Waals surface area contributed by atoms with Gasteiger partial charge in [0, 0.05) is 6.42 Å². The minimum Gasteiger partial charge on any atom is -0.196 e. The molecule has 0 unspecified atom stereocenters. The first-order valence-electron chi connectivity index (χ1n) is 6.96. The van der Waals surface area contributed by atoms with Crippen LogP contribution in [0.3, 0.4) is 0 Å². The Bertz CT molecular complexity index is 420. The molecule has 0 bridgehead atoms. The smallest absolute Gasteiger partial charge is 0.196 e. The summed E-state index contributed by atoms with van der Waals surface area (Å²) in [7, 11) is 0. The van der Waals surface area contributed by atoms with E-state index < -0.39 is 18.5 Å². The molecule has 0 aliphatic carbocycles. The molecule has 0 aromatic heterocycles. The molecule has 0 amide bonds. The zero-order valence-electron chi connectivity index (χ0n) is 11.7. The standard InChI is InChI=1S/C16H19F5/c17-15(18,16(19,20)21)13-9-4-2-1-3-6-10-14-11-7-5-8-12-14/h2,4-5,7-8,11-12H,1,3,6,9-10,13H2. The first-order chi connectivity index (χ1) is 9.83. The number of halogens is 5. The van der Waals surface area contributed by atoms with Crippen LogP contribution in [0.5, 0.6) is 0 Å². The Morgan fingerprint density at radius 3 is 2.05 bits per heavy atom. The average Bonchev–Trinajstić information content (AvgIpc) is 2.41. The highest BCUT2D eigenvalue weighted by molar-refractivity contribution is 5.14. The summed E-state index contributed by atoms with van der Waals surface area (Å²) in [4.78, 5) is 0. The topological polar surface area (TPSA) is 0 Å². The quantitative estimate of drug-likeness (QED) is 0.317. The molecule has 0 nitrogen and oxygen atoms in total. The fourth-order valence-corrected chi connectivity index (χ4v) is 1.88. The molecule has 0 radical (unpaired) electrons. The normalized spacial score (nSPS) is 13.0. The van der Waals surface area contributed by atoms with Gasteiger partial charge in [0.25, 0.3) is 0 Å². The number of aryl methyl sites for hydroxylation is 1. The van der Waals surface area contributed by atoms with E-state index in [1.54, 1.807) is 6.08 Å². The van der Waals surface area contributed by atoms with Crippen LogP contribution in [0.15, 0.2) is 42.5 Å². The first-order valence-corrected chi connectivity index (χ1v) is 6.96. The van der Waals surface area contributed by atoms with Gasteiger partial charge >= 0.3 is 12.1 Å². The lowest BCUT2D eigenvalue weighted by molar-refractivity contribution is -0.283. The van der Waals surface area contributed by atoms with Crippen molar-refractivity contribution in [3.8, 4) is 0 Å². The van der Waals surface area contributed by atoms with Crippen molar-refractivity contribution in [2.45, 2.75) is 50.6 Å². The van der Waals surface area contributed by atoms with Gasteiger partial charge in [-0.2, -0.15) is 22.0 Å². The fraction of sp³-hybridized carbons (Fsp3) is 0.500. The molecule has 1 aromatic carbocycles. The Labute approximate surface area is 121 Å². The predicted molar refractivity (Wildman–Crippen MR) is 73.4 cm³/mol. The summed E-state index contributed by atoms with van der Waals surface area (Å²) < 4.78 is 60.9. The minimum atomic E-state index is -5.45. The second kappa shape index (κ2) is 8.15. The number of hydrogen-bond acceptors (Lipinski definition) is 0. The zero-order chi connectivity index (χ0) is 15.8. The SMILES string of the molecule is FC(F)(F)C(F)(F)CCC=CCCCCc1ccccc1. The lowest BCUT2D eigenvalue weighted by Gasteiger charge is -2.18. The Hall–Kier alpha value is -1.39. The van der Waals surface area contributed by atoms with Crippen LogP contribution in [-0.4, -0.2) is 12.1 Å². The van der Waals surface area contributed by atoms with Gasteiger partial charge in [0.2, 0.25) is 0 Å². The lowest BCUT2D eigenvalue weighted by atomic mass is 10.1. The van der Waals surface area contributed by atoms with Crippen molar-refractivity contribution >= 4 is 0 Å². The molecular weight excluding hydrogens is 287 g/mol. The van der Waals surface area contributed by atoms with Crippen LogP contribution < -0.4 is 0 Å². The maximum absolute atomic E-state index is 12.6. The molecule has 21 heavy (non-hydrogen) atoms. The van der Waals surface area contributed by atoms with Crippen molar-refractivity contribution in [2.24, 2.45) is 0 Å². The molecule has 0 saturated heterocycles. The molecule has 1 aromatic rings. The molecule has 0 atom stereocenters. The van der Waals surface area contributed by atoms with Gasteiger partial charge in [0.1, 0.15) is 0 Å². The van der Waals surface area contributed by atoms with Crippen LogP contribution >= 0.6 is 0 Å². The summed E-state index contributed by atoms with van der Waals surface area (Å²) in [5.41, 5.74) is 1.24. The van der Waals surface area contributed by atoms with Crippen molar-refractivity contribution in [1.82, 2.24) is 0 Å². The van der Waals surface area contributed by atoms with Gasteiger partial charge in [0.15, 0.2) is 0 Å². The Balaban J connectivity index is 2.11. The lowest BCUT2D eigenvalue weighted by Crippen LogP contribution is -2.35. The summed E-state index contributed by atoms with van der Waals surface area (Å²) in [6.45, 7) is 0. The summed E-state index contributed by atoms with van der Waals surface area (Å²) in [5.74, 6) is -4.59. The number of rotatable bonds is 8. The molecule has 0 spiro atoms. The van der Waals surface area contributed by atoms with Crippen LogP contribution in [0.2, 0.25) is 0 Å². The summed E-state index contributed by atoms with van der Waals surface area (Å²) in [6.07, 6.45) is -0.308. The largest absolute Gasteiger partial charge is 0.453 e. The molecule has 0 fully saturated rings. The van der Waals surface area contributed by atoms with Gasteiger partial charge in [-0.1, -0.05) is 42.5 Å². The van der Waals surface area contributed by atoms with E-state index >= 15 is 0 Å². The van der Waals surface area contributed by atoms with E-state index in [1.807, 2.05) is 30.3 Å². The molecule has 0 heterocycles. The van der Waals surface area contributed by atoms with Crippen LogP contribution in [0, 0.1) is 0 Å². The second-order valence-corrected chi connectivity index (χ2v) is 4.94. The maximum Gasteiger partial charge on any atom is 0.453 e. The number of alkyl halides is 5. The molecular formula is C16H19F5. The number of allylic oxidation sites excluding steroid dienone is 2. The predicted octanol–water partition coefficient (Wildman–Crippen LogP) is 5.93. The molecule has 0 aliphatic rings. The first kappa shape index (κ1) is 17.7. The Kier molecular flexibility index (Phi) is 6.85. The highest BCUT2D eigenvalue weighted by Gasteiger charge is 2.56. The number of unbranched alkanes of at least 4 members (excludes halogenated alkanes) is 2. The van der Waals surface area contributed by atoms with Crippen molar-refractivity contribution in [3.63, 3.8) is 0 Å². The highest BCUT2D eigenvalue weighted by Crippen LogP contribution is 2.38. The summed E-state index contributed by atoms with van der Waals surface area (Å²) >= 11 is 0. The minimum absolute atomic E-state index is 0.259. The van der Waals surface area contributed by atoms with Crippen molar-refractivity contribution in [2.75, 3.05) is 0 Å². The highest BCUT2D eigenvalue weighted by atomic mass is 19.4. The molecule has 0 aliphatic heterocycles. The van der Waals surface area contributed by atoms with Gasteiger partial charge in [0.05, 0.1) is 0 Å². The van der Waals surface area contributed by atoms with Crippen molar-refractivity contribution in [1.29, 1.82) is 0 Å². The van der Waals surface area contributed by atoms with E-state index in [0.29, 0.717) is 6.42 Å². The van der Waals surface area contributed by atoms with Gasteiger partial charge < -0.3 is 0 Å². The maximum atomic E-state index is 12.6. The van der Waals surface area contributed by atoms with Gasteiger partial charge in [-0.3, -0.25) is 0 Å². The number of hydrogen-bond donors (Lipinski definition) is 0. The van der Waals surface area contributed by atoms with Gasteiger partial charge in [-0.05, 0) is 37.7 Å². The van der Waals surface area contributed by atoms with Crippen molar-refractivity contribution < 1.29 is 22.0 Å². The average molecular weight is 306 g/mol. The molecule has 0 saturated carbocycles. The third kappa shape index (κ3) is 6.74. The monoisotopic (exact) mass is 306 g/mol. The Morgan fingerprint density at radius 2 is 1.43 bits per heavy atom. The Morgan fingerprint density at radius 1 is 0.810 bits per heavy atom. The van der Waals surface area contributed by atoms with Crippen LogP contribution in [0.1, 0.15) is 37.7 Å². The second-order valence-electron chi connectivity index (χ2n) is 4.94. The van der Waals surface area contributed by atoms with E-state index in [4.69, 9.17) is 0 Å². The van der Waals surface area contributed by atoms with E-state index in [-0.39, 0.29) is 6.42 Å². The third-order valence-electron chi connectivity index (χ3n) is 3.14. The van der Waals surface area contributed by atoms with E-state index in [1.165, 1.54) is 11.6 Å². The zero-order valence-corrected chi connectivity index (χ0v) is 11.7. The van der Waals surface area contributed by atoms with Crippen LogP contribution in [-0.2, 0) is 6.42 Å². The van der Waals surface area contributed by atoms with Crippen LogP contribution in [0.25, 0.3) is 0 Å². The van der Waals surface area contributed by atoms with Crippen molar-refractivity contribution in [3.05, 3.63) is 48.0 Å². The van der Waals surface area contributed by atoms with Gasteiger partial charge in [-0.15, -0.1) is 0 Å². The third-order valence-corrected chi connectivity index (χ3v) is 3.14. The molecule has 1 rings (SSSR count). The number of benzene rings is 1. The fourth-order valence-electron chi connectivity index (χ4n) is 1.88. The molecule has 5 heteroatoms. The summed E-state index contributed by atoms with van der Waals surface area (Å²) in [5, 5.41) is 0. The van der Waals surface area contributed by atoms with E-state index in [9.17, 15) is 22.0 Å². The summed E-state index contributed by atoms with van der Waals surface area (Å²) in [6, 6.07) is 9.96. The van der Waals surface area contributed by atoms with Crippen LogP contribution in [0.4, 0.5) is 22.0 Å². The van der Waals surface area contributed by atoms with Gasteiger partial charge in [-0.25, -0.2) is 0 Å². The molecule has 118 valence electrons. The van der Waals surface area contributed by atoms with E-state index in [2.05, 4.69) is 0 Å². The van der Waals surface area contributed by atoms with E-state index in [0.717, 1.165) is 19.3 Å².